The third-order valence-electron chi connectivity index (χ3n) is 5.73. The molecule has 0 aromatic heterocycles. The summed E-state index contributed by atoms with van der Waals surface area (Å²) in [5.74, 6) is -0.577. The maximum atomic E-state index is 14.0. The van der Waals surface area contributed by atoms with Crippen molar-refractivity contribution in [2.75, 3.05) is 31.1 Å². The van der Waals surface area contributed by atoms with E-state index in [1.54, 1.807) is 12.1 Å². The van der Waals surface area contributed by atoms with Gasteiger partial charge in [0.1, 0.15) is 5.82 Å². The molecular weight excluding hydrogens is 333 g/mol. The van der Waals surface area contributed by atoms with Crippen LogP contribution in [-0.2, 0) is 4.79 Å². The Labute approximate surface area is 152 Å². The lowest BCUT2D eigenvalue weighted by molar-refractivity contribution is -0.124. The van der Waals surface area contributed by atoms with Crippen LogP contribution >= 0.6 is 0 Å². The quantitative estimate of drug-likeness (QED) is 0.835. The molecule has 2 aliphatic heterocycles. The highest BCUT2D eigenvalue weighted by Crippen LogP contribution is 2.41. The van der Waals surface area contributed by atoms with E-state index < -0.39 is 11.5 Å². The van der Waals surface area contributed by atoms with Crippen LogP contribution < -0.4 is 10.2 Å². The summed E-state index contributed by atoms with van der Waals surface area (Å²) in [6.07, 6.45) is 3.58. The summed E-state index contributed by atoms with van der Waals surface area (Å²) in [6.45, 7) is 2.62. The lowest BCUT2D eigenvalue weighted by atomic mass is 9.82. The van der Waals surface area contributed by atoms with Crippen molar-refractivity contribution in [1.82, 2.24) is 10.2 Å². The number of hydrogen-bond acceptors (Lipinski definition) is 5. The second-order valence-corrected chi connectivity index (χ2v) is 7.22. The van der Waals surface area contributed by atoms with Crippen LogP contribution in [0.3, 0.4) is 0 Å². The Morgan fingerprint density at radius 3 is 2.46 bits per heavy atom. The molecule has 0 bridgehead atoms. The topological polar surface area (TPSA) is 71.7 Å². The van der Waals surface area contributed by atoms with Crippen LogP contribution in [0.1, 0.15) is 25.7 Å². The molecule has 1 saturated heterocycles. The molecule has 0 radical (unpaired) electrons. The van der Waals surface area contributed by atoms with E-state index in [1.165, 1.54) is 6.07 Å². The summed E-state index contributed by atoms with van der Waals surface area (Å²) in [5, 5.41) is 12.3. The minimum absolute atomic E-state index is 0.217. The van der Waals surface area contributed by atoms with Crippen molar-refractivity contribution in [2.24, 2.45) is 10.9 Å². The van der Waals surface area contributed by atoms with Gasteiger partial charge in [-0.1, -0.05) is 25.0 Å². The monoisotopic (exact) mass is 355 g/mol. The number of aliphatic imine (C=N–C) groups is 1. The van der Waals surface area contributed by atoms with Crippen LogP contribution in [-0.4, -0.2) is 48.5 Å². The zero-order chi connectivity index (χ0) is 18.1. The summed E-state index contributed by atoms with van der Waals surface area (Å²) < 4.78 is 14.0. The van der Waals surface area contributed by atoms with E-state index in [4.69, 9.17) is 4.99 Å². The Hall–Kier alpha value is -2.62. The van der Waals surface area contributed by atoms with Crippen LogP contribution in [0, 0.1) is 23.1 Å². The maximum absolute atomic E-state index is 14.0. The molecule has 7 heteroatoms. The molecule has 1 atom stereocenters. The van der Waals surface area contributed by atoms with Gasteiger partial charge in [0.05, 0.1) is 17.3 Å². The Balaban J connectivity index is 1.51. The van der Waals surface area contributed by atoms with E-state index in [-0.39, 0.29) is 11.7 Å². The number of carbonyl (C=O) groups is 1. The van der Waals surface area contributed by atoms with E-state index in [1.807, 2.05) is 15.9 Å². The molecule has 1 aromatic carbocycles. The first kappa shape index (κ1) is 16.8. The number of rotatable bonds is 1. The molecule has 1 amide bonds. The Bertz CT molecular complexity index is 772. The smallest absolute Gasteiger partial charge is 0.246 e. The zero-order valence-corrected chi connectivity index (χ0v) is 14.6. The molecule has 6 nitrogen and oxygen atoms in total. The number of amides is 1. The number of para-hydroxylation sites is 1. The number of carbonyl (C=O) groups excluding carboxylic acids is 1. The number of hydrogen-bond donors (Lipinski definition) is 1. The molecular formula is C19H22FN5O. The number of anilines is 1. The van der Waals surface area contributed by atoms with Crippen molar-refractivity contribution in [3.8, 4) is 6.07 Å². The average molecular weight is 355 g/mol. The Morgan fingerprint density at radius 2 is 1.81 bits per heavy atom. The molecule has 1 spiro atoms. The highest BCUT2D eigenvalue weighted by Gasteiger charge is 2.49. The SMILES string of the molecule is N#CC1C(=O)NC(N2CCN(c3ccccc3F)CC2)=NC12CCCC2. The standard InChI is InChI=1S/C19H22FN5O/c20-15-5-1-2-6-16(15)24-9-11-25(12-10-24)18-22-17(26)14(13-21)19(23-18)7-3-4-8-19/h1-2,5-6,14H,3-4,7-12H2,(H,22,23,26). The summed E-state index contributed by atoms with van der Waals surface area (Å²) in [7, 11) is 0. The van der Waals surface area contributed by atoms with Gasteiger partial charge in [-0.15, -0.1) is 0 Å². The minimum atomic E-state index is -0.701. The van der Waals surface area contributed by atoms with E-state index in [0.717, 1.165) is 25.7 Å². The molecule has 1 unspecified atom stereocenters. The van der Waals surface area contributed by atoms with Gasteiger partial charge in [0.25, 0.3) is 0 Å². The van der Waals surface area contributed by atoms with E-state index in [9.17, 15) is 14.4 Å². The summed E-state index contributed by atoms with van der Waals surface area (Å²) in [4.78, 5) is 21.4. The van der Waals surface area contributed by atoms with Gasteiger partial charge in [-0.05, 0) is 25.0 Å². The summed E-state index contributed by atoms with van der Waals surface area (Å²) in [6, 6.07) is 8.94. The van der Waals surface area contributed by atoms with Crippen LogP contribution in [0.15, 0.2) is 29.3 Å². The number of halogens is 1. The number of benzene rings is 1. The van der Waals surface area contributed by atoms with Crippen molar-refractivity contribution < 1.29 is 9.18 Å². The van der Waals surface area contributed by atoms with Crippen molar-refractivity contribution in [3.63, 3.8) is 0 Å². The number of piperazine rings is 1. The molecule has 4 rings (SSSR count). The second kappa shape index (κ2) is 6.60. The number of guanidine groups is 1. The van der Waals surface area contributed by atoms with Crippen LogP contribution in [0.2, 0.25) is 0 Å². The number of nitriles is 1. The van der Waals surface area contributed by atoms with Crippen LogP contribution in [0.4, 0.5) is 10.1 Å². The van der Waals surface area contributed by atoms with Gasteiger partial charge in [0.15, 0.2) is 5.92 Å². The van der Waals surface area contributed by atoms with Gasteiger partial charge in [-0.25, -0.2) is 9.38 Å². The predicted molar refractivity (Wildman–Crippen MR) is 96.1 cm³/mol. The highest BCUT2D eigenvalue weighted by molar-refractivity contribution is 6.02. The van der Waals surface area contributed by atoms with Gasteiger partial charge < -0.3 is 9.80 Å². The van der Waals surface area contributed by atoms with Crippen molar-refractivity contribution >= 4 is 17.6 Å². The van der Waals surface area contributed by atoms with Crippen LogP contribution in [0.5, 0.6) is 0 Å². The molecule has 1 saturated carbocycles. The second-order valence-electron chi connectivity index (χ2n) is 7.22. The molecule has 2 fully saturated rings. The largest absolute Gasteiger partial charge is 0.366 e. The van der Waals surface area contributed by atoms with E-state index >= 15 is 0 Å². The van der Waals surface area contributed by atoms with Crippen LogP contribution in [0.25, 0.3) is 0 Å². The normalized spacial score (nSPS) is 25.0. The summed E-state index contributed by atoms with van der Waals surface area (Å²) >= 11 is 0. The first-order chi connectivity index (χ1) is 12.6. The van der Waals surface area contributed by atoms with Gasteiger partial charge in [-0.2, -0.15) is 5.26 Å². The fourth-order valence-electron chi connectivity index (χ4n) is 4.31. The lowest BCUT2D eigenvalue weighted by Crippen LogP contribution is -2.59. The van der Waals surface area contributed by atoms with E-state index in [0.29, 0.717) is 37.8 Å². The fourth-order valence-corrected chi connectivity index (χ4v) is 4.31. The first-order valence-corrected chi connectivity index (χ1v) is 9.18. The average Bonchev–Trinajstić information content (AvgIpc) is 3.10. The molecule has 2 heterocycles. The van der Waals surface area contributed by atoms with Gasteiger partial charge in [-0.3, -0.25) is 10.1 Å². The summed E-state index contributed by atoms with van der Waals surface area (Å²) in [5.41, 5.74) is 0.0494. The molecule has 26 heavy (non-hydrogen) atoms. The minimum Gasteiger partial charge on any atom is -0.366 e. The highest BCUT2D eigenvalue weighted by atomic mass is 19.1. The molecule has 1 N–H and O–H groups in total. The van der Waals surface area contributed by atoms with Crippen molar-refractivity contribution in [2.45, 2.75) is 31.2 Å². The molecule has 1 aliphatic carbocycles. The van der Waals surface area contributed by atoms with Crippen molar-refractivity contribution in [1.29, 1.82) is 5.26 Å². The zero-order valence-electron chi connectivity index (χ0n) is 14.6. The number of nitrogens with one attached hydrogen (secondary N) is 1. The van der Waals surface area contributed by atoms with Gasteiger partial charge in [0.2, 0.25) is 11.9 Å². The number of nitrogens with zero attached hydrogens (tertiary/aromatic N) is 4. The third-order valence-corrected chi connectivity index (χ3v) is 5.73. The Kier molecular flexibility index (Phi) is 4.27. The fraction of sp³-hybridized carbons (Fsp3) is 0.526. The van der Waals surface area contributed by atoms with E-state index in [2.05, 4.69) is 11.4 Å². The molecule has 1 aromatic rings. The lowest BCUT2D eigenvalue weighted by Gasteiger charge is -2.41. The maximum Gasteiger partial charge on any atom is 0.246 e. The molecule has 3 aliphatic rings. The first-order valence-electron chi connectivity index (χ1n) is 9.18. The van der Waals surface area contributed by atoms with Crippen molar-refractivity contribution in [3.05, 3.63) is 30.1 Å². The third kappa shape index (κ3) is 2.79. The predicted octanol–water partition coefficient (Wildman–Crippen LogP) is 1.89. The van der Waals surface area contributed by atoms with Gasteiger partial charge in [0, 0.05) is 26.2 Å². The molecule has 136 valence electrons. The van der Waals surface area contributed by atoms with Gasteiger partial charge >= 0.3 is 0 Å². The Morgan fingerprint density at radius 1 is 1.15 bits per heavy atom.